The normalized spacial score (nSPS) is 11.8. The molecule has 1 aromatic heterocycles. The van der Waals surface area contributed by atoms with Crippen molar-refractivity contribution in [2.75, 3.05) is 0 Å². The van der Waals surface area contributed by atoms with Crippen molar-refractivity contribution in [3.05, 3.63) is 35.9 Å². The van der Waals surface area contributed by atoms with Crippen LogP contribution >= 0.6 is 0 Å². The monoisotopic (exact) mass is 223 g/mol. The van der Waals surface area contributed by atoms with Crippen molar-refractivity contribution in [3.63, 3.8) is 0 Å². The van der Waals surface area contributed by atoms with Crippen molar-refractivity contribution in [1.82, 2.24) is 4.98 Å². The molecule has 0 atom stereocenters. The third kappa shape index (κ3) is 4.68. The maximum absolute atomic E-state index is 12.8. The van der Waals surface area contributed by atoms with Crippen molar-refractivity contribution >= 4 is 12.0 Å². The SMILES string of the molecule is CC(C)(C)OC(=O)/C=C/c1cncc(F)c1. The summed E-state index contributed by atoms with van der Waals surface area (Å²) in [5.41, 5.74) is -0.00687. The van der Waals surface area contributed by atoms with Gasteiger partial charge in [-0.2, -0.15) is 0 Å². The molecule has 4 heteroatoms. The van der Waals surface area contributed by atoms with Crippen LogP contribution in [0.15, 0.2) is 24.5 Å². The molecule has 0 aliphatic heterocycles. The first-order chi connectivity index (χ1) is 7.37. The van der Waals surface area contributed by atoms with E-state index in [1.165, 1.54) is 24.4 Å². The van der Waals surface area contributed by atoms with E-state index >= 15 is 0 Å². The lowest BCUT2D eigenvalue weighted by Gasteiger charge is -2.17. The number of esters is 1. The lowest BCUT2D eigenvalue weighted by molar-refractivity contribution is -0.148. The molecule has 1 heterocycles. The molecular weight excluding hydrogens is 209 g/mol. The van der Waals surface area contributed by atoms with Gasteiger partial charge in [0.25, 0.3) is 0 Å². The van der Waals surface area contributed by atoms with E-state index in [-0.39, 0.29) is 0 Å². The standard InChI is InChI=1S/C12H14FNO2/c1-12(2,3)16-11(15)5-4-9-6-10(13)8-14-7-9/h4-8H,1-3H3/b5-4+. The molecule has 0 saturated carbocycles. The van der Waals surface area contributed by atoms with Crippen molar-refractivity contribution in [2.45, 2.75) is 26.4 Å². The third-order valence-corrected chi connectivity index (χ3v) is 1.54. The number of hydrogen-bond acceptors (Lipinski definition) is 3. The van der Waals surface area contributed by atoms with Crippen LogP contribution in [0, 0.1) is 5.82 Å². The van der Waals surface area contributed by atoms with Crippen molar-refractivity contribution in [1.29, 1.82) is 0 Å². The summed E-state index contributed by atoms with van der Waals surface area (Å²) in [7, 11) is 0. The molecule has 0 amide bonds. The Labute approximate surface area is 94.0 Å². The molecule has 0 bridgehead atoms. The maximum Gasteiger partial charge on any atom is 0.331 e. The Kier molecular flexibility index (Phi) is 3.77. The van der Waals surface area contributed by atoms with Gasteiger partial charge in [0.1, 0.15) is 11.4 Å². The van der Waals surface area contributed by atoms with Gasteiger partial charge in [0.15, 0.2) is 0 Å². The molecule has 0 spiro atoms. The highest BCUT2D eigenvalue weighted by atomic mass is 19.1. The summed E-state index contributed by atoms with van der Waals surface area (Å²) in [6.07, 6.45) is 5.28. The fourth-order valence-electron chi connectivity index (χ4n) is 1.02. The van der Waals surface area contributed by atoms with E-state index in [1.54, 1.807) is 20.8 Å². The zero-order chi connectivity index (χ0) is 12.2. The summed E-state index contributed by atoms with van der Waals surface area (Å²) in [4.78, 5) is 15.0. The van der Waals surface area contributed by atoms with Gasteiger partial charge in [0.05, 0.1) is 6.20 Å². The van der Waals surface area contributed by atoms with E-state index in [0.29, 0.717) is 5.56 Å². The highest BCUT2D eigenvalue weighted by molar-refractivity contribution is 5.87. The minimum Gasteiger partial charge on any atom is -0.457 e. The Hall–Kier alpha value is -1.71. The fraction of sp³-hybridized carbons (Fsp3) is 0.333. The number of aromatic nitrogens is 1. The number of carbonyl (C=O) groups excluding carboxylic acids is 1. The number of halogens is 1. The van der Waals surface area contributed by atoms with Crippen LogP contribution in [0.1, 0.15) is 26.3 Å². The zero-order valence-corrected chi connectivity index (χ0v) is 9.53. The van der Waals surface area contributed by atoms with Gasteiger partial charge in [-0.3, -0.25) is 4.98 Å². The fourth-order valence-corrected chi connectivity index (χ4v) is 1.02. The maximum atomic E-state index is 12.8. The molecule has 86 valence electrons. The molecule has 16 heavy (non-hydrogen) atoms. The lowest BCUT2D eigenvalue weighted by atomic mass is 10.2. The van der Waals surface area contributed by atoms with Crippen LogP contribution in [0.2, 0.25) is 0 Å². The summed E-state index contributed by atoms with van der Waals surface area (Å²) >= 11 is 0. The van der Waals surface area contributed by atoms with Gasteiger partial charge in [-0.1, -0.05) is 0 Å². The molecular formula is C12H14FNO2. The Morgan fingerprint density at radius 1 is 1.44 bits per heavy atom. The highest BCUT2D eigenvalue weighted by Crippen LogP contribution is 2.08. The van der Waals surface area contributed by atoms with Gasteiger partial charge in [-0.05, 0) is 38.5 Å². The van der Waals surface area contributed by atoms with Gasteiger partial charge in [0.2, 0.25) is 0 Å². The smallest absolute Gasteiger partial charge is 0.331 e. The molecule has 0 aliphatic rings. The average Bonchev–Trinajstić information content (AvgIpc) is 2.12. The summed E-state index contributed by atoms with van der Waals surface area (Å²) in [6, 6.07) is 1.29. The molecule has 0 fully saturated rings. The van der Waals surface area contributed by atoms with E-state index in [9.17, 15) is 9.18 Å². The first kappa shape index (κ1) is 12.4. The van der Waals surface area contributed by atoms with Crippen LogP contribution in [-0.2, 0) is 9.53 Å². The molecule has 0 saturated heterocycles. The second-order valence-corrected chi connectivity index (χ2v) is 4.30. The number of nitrogens with zero attached hydrogens (tertiary/aromatic N) is 1. The Bertz CT molecular complexity index is 408. The van der Waals surface area contributed by atoms with Gasteiger partial charge < -0.3 is 4.74 Å². The molecule has 0 N–H and O–H groups in total. The van der Waals surface area contributed by atoms with E-state index in [1.807, 2.05) is 0 Å². The predicted molar refractivity (Wildman–Crippen MR) is 59.1 cm³/mol. The predicted octanol–water partition coefficient (Wildman–Crippen LogP) is 2.58. The summed E-state index contributed by atoms with van der Waals surface area (Å²) in [5, 5.41) is 0. The molecule has 3 nitrogen and oxygen atoms in total. The van der Waals surface area contributed by atoms with Crippen molar-refractivity contribution in [3.8, 4) is 0 Å². The number of ether oxygens (including phenoxy) is 1. The molecule has 0 aliphatic carbocycles. The topological polar surface area (TPSA) is 39.2 Å². The summed E-state index contributed by atoms with van der Waals surface area (Å²) < 4.78 is 17.8. The Balaban J connectivity index is 2.64. The van der Waals surface area contributed by atoms with E-state index in [2.05, 4.69) is 4.98 Å². The largest absolute Gasteiger partial charge is 0.457 e. The minimum atomic E-state index is -0.526. The first-order valence-electron chi connectivity index (χ1n) is 4.88. The second-order valence-electron chi connectivity index (χ2n) is 4.30. The van der Waals surface area contributed by atoms with Gasteiger partial charge >= 0.3 is 5.97 Å². The number of rotatable bonds is 2. The molecule has 1 rings (SSSR count). The number of carbonyl (C=O) groups is 1. The number of hydrogen-bond donors (Lipinski definition) is 0. The minimum absolute atomic E-state index is 0.439. The van der Waals surface area contributed by atoms with Crippen LogP contribution in [-0.4, -0.2) is 16.6 Å². The lowest BCUT2D eigenvalue weighted by Crippen LogP contribution is -2.22. The highest BCUT2D eigenvalue weighted by Gasteiger charge is 2.13. The molecule has 0 unspecified atom stereocenters. The molecule has 0 radical (unpaired) electrons. The van der Waals surface area contributed by atoms with E-state index in [4.69, 9.17) is 4.74 Å². The van der Waals surface area contributed by atoms with Crippen LogP contribution in [0.3, 0.4) is 0 Å². The molecule has 1 aromatic rings. The third-order valence-electron chi connectivity index (χ3n) is 1.54. The van der Waals surface area contributed by atoms with E-state index < -0.39 is 17.4 Å². The van der Waals surface area contributed by atoms with Crippen molar-refractivity contribution in [2.24, 2.45) is 0 Å². The van der Waals surface area contributed by atoms with Gasteiger partial charge in [0, 0.05) is 12.3 Å². The van der Waals surface area contributed by atoms with E-state index in [0.717, 1.165) is 6.20 Å². The van der Waals surface area contributed by atoms with Gasteiger partial charge in [-0.25, -0.2) is 9.18 Å². The summed E-state index contributed by atoms with van der Waals surface area (Å²) in [5.74, 6) is -0.900. The van der Waals surface area contributed by atoms with Gasteiger partial charge in [-0.15, -0.1) is 0 Å². The Morgan fingerprint density at radius 3 is 2.69 bits per heavy atom. The molecule has 0 aromatic carbocycles. The zero-order valence-electron chi connectivity index (χ0n) is 9.53. The Morgan fingerprint density at radius 2 is 2.12 bits per heavy atom. The summed E-state index contributed by atoms with van der Waals surface area (Å²) in [6.45, 7) is 5.34. The van der Waals surface area contributed by atoms with Crippen LogP contribution in [0.25, 0.3) is 6.08 Å². The quantitative estimate of drug-likeness (QED) is 0.571. The number of pyridine rings is 1. The van der Waals surface area contributed by atoms with Crippen LogP contribution in [0.4, 0.5) is 4.39 Å². The van der Waals surface area contributed by atoms with Crippen molar-refractivity contribution < 1.29 is 13.9 Å². The average molecular weight is 223 g/mol. The second kappa shape index (κ2) is 4.88. The van der Waals surface area contributed by atoms with Crippen LogP contribution < -0.4 is 0 Å². The van der Waals surface area contributed by atoms with Crippen LogP contribution in [0.5, 0.6) is 0 Å². The first-order valence-corrected chi connectivity index (χ1v) is 4.88.